The molecule has 1 aromatic rings. The van der Waals surface area contributed by atoms with Crippen LogP contribution >= 0.6 is 0 Å². The Labute approximate surface area is 254 Å². The molecule has 0 amide bonds. The lowest BCUT2D eigenvalue weighted by atomic mass is 9.88. The van der Waals surface area contributed by atoms with Crippen LogP contribution in [0.5, 0.6) is 11.5 Å². The molecule has 4 nitrogen and oxygen atoms in total. The van der Waals surface area contributed by atoms with Crippen molar-refractivity contribution in [3.05, 3.63) is 34.5 Å². The van der Waals surface area contributed by atoms with E-state index in [1.807, 2.05) is 6.92 Å². The Morgan fingerprint density at radius 3 is 1.55 bits per heavy atom. The number of rotatable bonds is 18. The molecule has 0 aliphatic carbocycles. The van der Waals surface area contributed by atoms with E-state index in [-0.39, 0.29) is 6.42 Å². The Kier molecular flexibility index (Phi) is 13.1. The second kappa shape index (κ2) is 14.6. The summed E-state index contributed by atoms with van der Waals surface area (Å²) < 4.78 is 237. The minimum Gasteiger partial charge on any atom is -0.493 e. The summed E-state index contributed by atoms with van der Waals surface area (Å²) in [7, 11) is 0. The quantitative estimate of drug-likeness (QED) is 0.0861. The van der Waals surface area contributed by atoms with Crippen LogP contribution in [0.1, 0.15) is 58.3 Å². The van der Waals surface area contributed by atoms with Gasteiger partial charge in [0.25, 0.3) is 0 Å². The van der Waals surface area contributed by atoms with Crippen LogP contribution in [-0.2, 0) is 4.79 Å². The number of carbonyl (C=O) groups excluding carboxylic acids is 1. The summed E-state index contributed by atoms with van der Waals surface area (Å²) in [5.74, 6) is -59.2. The van der Waals surface area contributed by atoms with E-state index in [2.05, 4.69) is 4.74 Å². The first kappa shape index (κ1) is 42.0. The van der Waals surface area contributed by atoms with Gasteiger partial charge in [0.05, 0.1) is 13.0 Å². The first-order valence-corrected chi connectivity index (χ1v) is 13.3. The van der Waals surface area contributed by atoms with Crippen molar-refractivity contribution in [1.82, 2.24) is 0 Å². The van der Waals surface area contributed by atoms with Crippen LogP contribution in [0, 0.1) is 0 Å². The van der Waals surface area contributed by atoms with Crippen LogP contribution in [0.15, 0.2) is 29.1 Å². The molecule has 0 atom stereocenters. The van der Waals surface area contributed by atoms with Gasteiger partial charge in [-0.05, 0) is 30.7 Å². The SMILES string of the molecule is CCCCCCCCC(=O)Oc1ccc(OCCC(F)(F)C(F)(F)C(F)(F)C(F)(F)C(F)(F)C(F)(F)C(F)(F)C(F)(F)F)ccc1=O. The topological polar surface area (TPSA) is 52.6 Å². The molecule has 272 valence electrons. The maximum absolute atomic E-state index is 14.1. The fourth-order valence-electron chi connectivity index (χ4n) is 3.59. The summed E-state index contributed by atoms with van der Waals surface area (Å²) >= 11 is 0. The van der Waals surface area contributed by atoms with Crippen molar-refractivity contribution >= 4 is 5.97 Å². The van der Waals surface area contributed by atoms with Gasteiger partial charge < -0.3 is 9.47 Å². The molecule has 0 saturated carbocycles. The lowest BCUT2D eigenvalue weighted by Gasteiger charge is -2.42. The average molecular weight is 724 g/mol. The van der Waals surface area contributed by atoms with E-state index in [1.165, 1.54) is 0 Å². The van der Waals surface area contributed by atoms with Crippen molar-refractivity contribution in [3.8, 4) is 11.5 Å². The highest BCUT2D eigenvalue weighted by atomic mass is 19.4. The zero-order valence-electron chi connectivity index (χ0n) is 23.7. The van der Waals surface area contributed by atoms with Gasteiger partial charge in [0, 0.05) is 6.42 Å². The molecule has 1 rings (SSSR count). The molecule has 0 N–H and O–H groups in total. The predicted molar refractivity (Wildman–Crippen MR) is 127 cm³/mol. The van der Waals surface area contributed by atoms with E-state index in [1.54, 1.807) is 0 Å². The van der Waals surface area contributed by atoms with Crippen molar-refractivity contribution in [2.45, 2.75) is 106 Å². The van der Waals surface area contributed by atoms with Crippen molar-refractivity contribution in [2.24, 2.45) is 0 Å². The van der Waals surface area contributed by atoms with Crippen molar-refractivity contribution < 1.29 is 88.9 Å². The van der Waals surface area contributed by atoms with Crippen molar-refractivity contribution in [2.75, 3.05) is 6.61 Å². The van der Waals surface area contributed by atoms with E-state index in [9.17, 15) is 84.2 Å². The highest BCUT2D eigenvalue weighted by molar-refractivity contribution is 5.72. The molecular weight excluding hydrogens is 699 g/mol. The molecule has 21 heteroatoms. The van der Waals surface area contributed by atoms with Gasteiger partial charge in [0.2, 0.25) is 5.43 Å². The first-order chi connectivity index (χ1) is 21.1. The number of halogens is 17. The Hall–Kier alpha value is -3.03. The molecule has 0 aromatic heterocycles. The molecular formula is C26H25F17O4. The summed E-state index contributed by atoms with van der Waals surface area (Å²) in [6.45, 7) is 0.0913. The average Bonchev–Trinajstić information content (AvgIpc) is 3.10. The summed E-state index contributed by atoms with van der Waals surface area (Å²) in [4.78, 5) is 24.0. The van der Waals surface area contributed by atoms with Crippen LogP contribution < -0.4 is 14.9 Å². The largest absolute Gasteiger partial charge is 0.493 e. The van der Waals surface area contributed by atoms with E-state index in [4.69, 9.17) is 4.74 Å². The molecule has 47 heavy (non-hydrogen) atoms. The van der Waals surface area contributed by atoms with Gasteiger partial charge in [-0.1, -0.05) is 39.0 Å². The third-order valence-corrected chi connectivity index (χ3v) is 6.47. The zero-order chi connectivity index (χ0) is 36.9. The number of hydrogen-bond donors (Lipinski definition) is 0. The third kappa shape index (κ3) is 8.34. The number of alkyl halides is 17. The predicted octanol–water partition coefficient (Wildman–Crippen LogP) is 9.48. The van der Waals surface area contributed by atoms with Gasteiger partial charge in [-0.15, -0.1) is 0 Å². The third-order valence-electron chi connectivity index (χ3n) is 6.47. The Morgan fingerprint density at radius 1 is 0.596 bits per heavy atom. The van der Waals surface area contributed by atoms with Gasteiger partial charge in [-0.3, -0.25) is 9.59 Å². The van der Waals surface area contributed by atoms with Gasteiger partial charge in [0.15, 0.2) is 5.75 Å². The Morgan fingerprint density at radius 2 is 1.04 bits per heavy atom. The highest BCUT2D eigenvalue weighted by Gasteiger charge is 2.95. The normalized spacial score (nSPS) is 14.3. The molecule has 0 aliphatic rings. The van der Waals surface area contributed by atoms with Crippen molar-refractivity contribution in [1.29, 1.82) is 0 Å². The Bertz CT molecular complexity index is 1260. The Balaban J connectivity index is 3.09. The molecule has 0 spiro atoms. The molecule has 1 aromatic carbocycles. The molecule has 0 radical (unpaired) electrons. The van der Waals surface area contributed by atoms with Crippen LogP contribution in [0.25, 0.3) is 0 Å². The maximum Gasteiger partial charge on any atom is 0.460 e. The van der Waals surface area contributed by atoms with Gasteiger partial charge in [-0.2, -0.15) is 74.6 Å². The molecule has 0 fully saturated rings. The van der Waals surface area contributed by atoms with Crippen LogP contribution in [-0.4, -0.2) is 60.2 Å². The lowest BCUT2D eigenvalue weighted by molar-refractivity contribution is -0.461. The number of unbranched alkanes of at least 4 members (excludes halogenated alkanes) is 5. The fraction of sp³-hybridized carbons (Fsp3) is 0.692. The summed E-state index contributed by atoms with van der Waals surface area (Å²) in [6, 6.07) is 2.63. The minimum atomic E-state index is -8.71. The standard InChI is InChI=1S/C26H25F17O4/c1-2-3-4-5-6-7-8-18(45)47-17-12-10-15(9-11-16(17)44)46-14-13-19(27,28)20(29,30)21(31,32)22(33,34)23(35,36)24(37,38)25(39,40)26(41,42)43/h9-12H,2-8,13-14H2,1H3. The van der Waals surface area contributed by atoms with E-state index < -0.39 is 83.6 Å². The minimum absolute atomic E-state index is 0.116. The summed E-state index contributed by atoms with van der Waals surface area (Å²) in [5, 5.41) is 0. The van der Waals surface area contributed by atoms with E-state index in [0.29, 0.717) is 31.0 Å². The molecule has 0 unspecified atom stereocenters. The molecule has 0 bridgehead atoms. The molecule has 0 saturated heterocycles. The van der Waals surface area contributed by atoms with Crippen LogP contribution in [0.3, 0.4) is 0 Å². The fourth-order valence-corrected chi connectivity index (χ4v) is 3.59. The summed E-state index contributed by atoms with van der Waals surface area (Å²) in [6.07, 6.45) is -5.99. The van der Waals surface area contributed by atoms with Gasteiger partial charge in [-0.25, -0.2) is 0 Å². The zero-order valence-corrected chi connectivity index (χ0v) is 23.7. The van der Waals surface area contributed by atoms with Gasteiger partial charge in [0.1, 0.15) is 5.75 Å². The number of esters is 1. The van der Waals surface area contributed by atoms with Gasteiger partial charge >= 0.3 is 53.6 Å². The second-order valence-corrected chi connectivity index (χ2v) is 10.0. The monoisotopic (exact) mass is 724 g/mol. The number of ether oxygens (including phenoxy) is 2. The lowest BCUT2D eigenvalue weighted by Crippen LogP contribution is -2.74. The highest BCUT2D eigenvalue weighted by Crippen LogP contribution is 2.64. The van der Waals surface area contributed by atoms with Crippen LogP contribution in [0.4, 0.5) is 74.6 Å². The smallest absolute Gasteiger partial charge is 0.460 e. The van der Waals surface area contributed by atoms with Crippen molar-refractivity contribution in [3.63, 3.8) is 0 Å². The van der Waals surface area contributed by atoms with E-state index >= 15 is 0 Å². The first-order valence-electron chi connectivity index (χ1n) is 13.3. The molecule has 0 heterocycles. The van der Waals surface area contributed by atoms with Crippen LogP contribution in [0.2, 0.25) is 0 Å². The number of hydrogen-bond acceptors (Lipinski definition) is 4. The summed E-state index contributed by atoms with van der Waals surface area (Å²) in [5.41, 5.74) is -1.02. The maximum atomic E-state index is 14.1. The molecule has 0 aliphatic heterocycles. The number of carbonyl (C=O) groups is 1. The second-order valence-electron chi connectivity index (χ2n) is 10.0. The van der Waals surface area contributed by atoms with E-state index in [0.717, 1.165) is 31.7 Å².